The summed E-state index contributed by atoms with van der Waals surface area (Å²) >= 11 is 7.21. The molecule has 8 nitrogen and oxygen atoms in total. The summed E-state index contributed by atoms with van der Waals surface area (Å²) in [6, 6.07) is 10.5. The lowest BCUT2D eigenvalue weighted by molar-refractivity contribution is 0.0457. The molecule has 0 atom stereocenters. The lowest BCUT2D eigenvalue weighted by atomic mass is 10.3. The minimum atomic E-state index is -0.563. The van der Waals surface area contributed by atoms with Crippen molar-refractivity contribution in [1.82, 2.24) is 19.9 Å². The number of rotatable bonds is 5. The molecular formula is C16H13ClN6O2S. The SMILES string of the molecule is Nc1nc(N)nc(COC(=O)c2cccnc2Sc2ccc(Cl)cc2)n1. The molecule has 0 aliphatic rings. The zero-order valence-corrected chi connectivity index (χ0v) is 14.9. The van der Waals surface area contributed by atoms with Gasteiger partial charge in [0.2, 0.25) is 11.9 Å². The van der Waals surface area contributed by atoms with E-state index in [2.05, 4.69) is 19.9 Å². The van der Waals surface area contributed by atoms with E-state index < -0.39 is 5.97 Å². The van der Waals surface area contributed by atoms with Gasteiger partial charge in [0.15, 0.2) is 12.4 Å². The maximum atomic E-state index is 12.4. The monoisotopic (exact) mass is 388 g/mol. The smallest absolute Gasteiger partial charge is 0.341 e. The van der Waals surface area contributed by atoms with Gasteiger partial charge in [-0.2, -0.15) is 15.0 Å². The molecule has 0 spiro atoms. The van der Waals surface area contributed by atoms with E-state index in [0.717, 1.165) is 4.90 Å². The number of halogens is 1. The maximum absolute atomic E-state index is 12.4. The lowest BCUT2D eigenvalue weighted by Crippen LogP contribution is -2.12. The molecule has 26 heavy (non-hydrogen) atoms. The molecule has 0 saturated heterocycles. The highest BCUT2D eigenvalue weighted by Gasteiger charge is 2.16. The van der Waals surface area contributed by atoms with Crippen LogP contribution in [0, 0.1) is 0 Å². The largest absolute Gasteiger partial charge is 0.454 e. The van der Waals surface area contributed by atoms with Crippen LogP contribution in [0.25, 0.3) is 0 Å². The Morgan fingerprint density at radius 2 is 1.77 bits per heavy atom. The molecule has 0 amide bonds. The molecule has 0 unspecified atom stereocenters. The lowest BCUT2D eigenvalue weighted by Gasteiger charge is -2.08. The summed E-state index contributed by atoms with van der Waals surface area (Å²) in [7, 11) is 0. The van der Waals surface area contributed by atoms with Gasteiger partial charge in [0.05, 0.1) is 5.56 Å². The first-order chi connectivity index (χ1) is 12.5. The number of pyridine rings is 1. The van der Waals surface area contributed by atoms with Gasteiger partial charge in [-0.1, -0.05) is 23.4 Å². The van der Waals surface area contributed by atoms with Crippen LogP contribution in [0.15, 0.2) is 52.5 Å². The number of ether oxygens (including phenoxy) is 1. The predicted octanol–water partition coefficient (Wildman–Crippen LogP) is 2.59. The molecule has 132 valence electrons. The Kier molecular flexibility index (Phi) is 5.49. The Labute approximate surface area is 158 Å². The summed E-state index contributed by atoms with van der Waals surface area (Å²) in [5, 5.41) is 1.14. The average molecular weight is 389 g/mol. The number of carbonyl (C=O) groups is 1. The second-order valence-corrected chi connectivity index (χ2v) is 6.45. The molecular weight excluding hydrogens is 376 g/mol. The van der Waals surface area contributed by atoms with Crippen molar-refractivity contribution in [1.29, 1.82) is 0 Å². The van der Waals surface area contributed by atoms with Crippen LogP contribution in [0.3, 0.4) is 0 Å². The van der Waals surface area contributed by atoms with Gasteiger partial charge in [0.25, 0.3) is 0 Å². The molecule has 0 aliphatic carbocycles. The zero-order valence-electron chi connectivity index (χ0n) is 13.3. The molecule has 3 aromatic rings. The third kappa shape index (κ3) is 4.58. The second kappa shape index (κ2) is 7.98. The Morgan fingerprint density at radius 1 is 1.08 bits per heavy atom. The van der Waals surface area contributed by atoms with Crippen LogP contribution in [0.4, 0.5) is 11.9 Å². The van der Waals surface area contributed by atoms with Crippen LogP contribution in [-0.2, 0) is 11.3 Å². The van der Waals surface area contributed by atoms with Gasteiger partial charge >= 0.3 is 5.97 Å². The van der Waals surface area contributed by atoms with Crippen molar-refractivity contribution in [3.63, 3.8) is 0 Å². The average Bonchev–Trinajstić information content (AvgIpc) is 2.61. The van der Waals surface area contributed by atoms with Gasteiger partial charge in [-0.25, -0.2) is 9.78 Å². The third-order valence-electron chi connectivity index (χ3n) is 3.07. The van der Waals surface area contributed by atoms with E-state index in [1.165, 1.54) is 11.8 Å². The molecule has 0 fully saturated rings. The summed E-state index contributed by atoms with van der Waals surface area (Å²) < 4.78 is 5.24. The van der Waals surface area contributed by atoms with Crippen molar-refractivity contribution in [2.75, 3.05) is 11.5 Å². The maximum Gasteiger partial charge on any atom is 0.341 e. The van der Waals surface area contributed by atoms with Crippen LogP contribution < -0.4 is 11.5 Å². The van der Waals surface area contributed by atoms with E-state index in [9.17, 15) is 4.79 Å². The molecule has 0 aliphatic heterocycles. The van der Waals surface area contributed by atoms with Gasteiger partial charge in [-0.15, -0.1) is 0 Å². The van der Waals surface area contributed by atoms with Crippen molar-refractivity contribution >= 4 is 41.2 Å². The normalized spacial score (nSPS) is 10.5. The third-order valence-corrected chi connectivity index (χ3v) is 4.35. The van der Waals surface area contributed by atoms with E-state index in [4.69, 9.17) is 27.8 Å². The van der Waals surface area contributed by atoms with Crippen LogP contribution in [-0.4, -0.2) is 25.9 Å². The van der Waals surface area contributed by atoms with Crippen molar-refractivity contribution in [2.24, 2.45) is 0 Å². The van der Waals surface area contributed by atoms with E-state index >= 15 is 0 Å². The molecule has 2 heterocycles. The van der Waals surface area contributed by atoms with E-state index in [1.54, 1.807) is 30.5 Å². The van der Waals surface area contributed by atoms with E-state index in [-0.39, 0.29) is 24.3 Å². The van der Waals surface area contributed by atoms with Gasteiger partial charge in [0, 0.05) is 16.1 Å². The second-order valence-electron chi connectivity index (χ2n) is 4.96. The van der Waals surface area contributed by atoms with Crippen molar-refractivity contribution in [2.45, 2.75) is 16.5 Å². The Hall–Kier alpha value is -2.91. The van der Waals surface area contributed by atoms with Gasteiger partial charge in [-0.05, 0) is 36.4 Å². The highest BCUT2D eigenvalue weighted by atomic mass is 35.5. The highest BCUT2D eigenvalue weighted by Crippen LogP contribution is 2.29. The van der Waals surface area contributed by atoms with Gasteiger partial charge in [0.1, 0.15) is 5.03 Å². The number of hydrogen-bond donors (Lipinski definition) is 2. The number of nitrogens with zero attached hydrogens (tertiary/aromatic N) is 4. The molecule has 1 aromatic carbocycles. The molecule has 3 rings (SSSR count). The molecule has 0 radical (unpaired) electrons. The number of hydrogen-bond acceptors (Lipinski definition) is 9. The summed E-state index contributed by atoms with van der Waals surface area (Å²) in [5.41, 5.74) is 11.3. The minimum Gasteiger partial charge on any atom is -0.454 e. The summed E-state index contributed by atoms with van der Waals surface area (Å²) in [4.78, 5) is 28.9. The van der Waals surface area contributed by atoms with Crippen LogP contribution in [0.2, 0.25) is 5.02 Å². The zero-order chi connectivity index (χ0) is 18.5. The Bertz CT molecular complexity index is 918. The number of nitrogens with two attached hydrogens (primary N) is 2. The first-order valence-electron chi connectivity index (χ1n) is 7.33. The number of nitrogen functional groups attached to an aromatic ring is 2. The van der Waals surface area contributed by atoms with Gasteiger partial charge < -0.3 is 16.2 Å². The van der Waals surface area contributed by atoms with Crippen molar-refractivity contribution in [3.8, 4) is 0 Å². The number of carbonyl (C=O) groups excluding carboxylic acids is 1. The fourth-order valence-electron chi connectivity index (χ4n) is 1.97. The molecule has 2 aromatic heterocycles. The number of aromatic nitrogens is 4. The van der Waals surface area contributed by atoms with Gasteiger partial charge in [-0.3, -0.25) is 0 Å². The Balaban J connectivity index is 1.74. The van der Waals surface area contributed by atoms with E-state index in [1.807, 2.05) is 12.1 Å². The van der Waals surface area contributed by atoms with Crippen LogP contribution in [0.5, 0.6) is 0 Å². The fourth-order valence-corrected chi connectivity index (χ4v) is 2.97. The highest BCUT2D eigenvalue weighted by molar-refractivity contribution is 7.99. The number of benzene rings is 1. The molecule has 0 saturated carbocycles. The minimum absolute atomic E-state index is 0.0380. The quantitative estimate of drug-likeness (QED) is 0.633. The Morgan fingerprint density at radius 3 is 2.46 bits per heavy atom. The van der Waals surface area contributed by atoms with Crippen molar-refractivity contribution in [3.05, 3.63) is 59.0 Å². The number of anilines is 2. The standard InChI is InChI=1S/C16H13ClN6O2S/c17-9-3-5-10(6-4-9)26-13-11(2-1-7-20-13)14(24)25-8-12-21-15(18)23-16(19)22-12/h1-7H,8H2,(H4,18,19,21,22,23). The number of esters is 1. The summed E-state index contributed by atoms with van der Waals surface area (Å²) in [5.74, 6) is -0.473. The van der Waals surface area contributed by atoms with Crippen LogP contribution in [0.1, 0.15) is 16.2 Å². The van der Waals surface area contributed by atoms with E-state index in [0.29, 0.717) is 15.6 Å². The molecule has 4 N–H and O–H groups in total. The summed E-state index contributed by atoms with van der Waals surface area (Å²) in [6.07, 6.45) is 1.60. The first kappa shape index (κ1) is 17.9. The predicted molar refractivity (Wildman–Crippen MR) is 97.6 cm³/mol. The van der Waals surface area contributed by atoms with Crippen molar-refractivity contribution < 1.29 is 9.53 Å². The summed E-state index contributed by atoms with van der Waals surface area (Å²) in [6.45, 7) is -0.185. The topological polar surface area (TPSA) is 130 Å². The fraction of sp³-hybridized carbons (Fsp3) is 0.0625. The molecule has 0 bridgehead atoms. The molecule has 10 heteroatoms. The first-order valence-corrected chi connectivity index (χ1v) is 8.52. The van der Waals surface area contributed by atoms with Crippen LogP contribution >= 0.6 is 23.4 Å².